The van der Waals surface area contributed by atoms with E-state index >= 15 is 0 Å². The molecule has 1 saturated carbocycles. The van der Waals surface area contributed by atoms with E-state index in [2.05, 4.69) is 16.0 Å². The monoisotopic (exact) mass is 613 g/mol. The van der Waals surface area contributed by atoms with Crippen molar-refractivity contribution in [2.45, 2.75) is 69.0 Å². The summed E-state index contributed by atoms with van der Waals surface area (Å²) in [7, 11) is 0. The lowest BCUT2D eigenvalue weighted by Gasteiger charge is -2.32. The number of hydrogen-bond acceptors (Lipinski definition) is 4. The normalized spacial score (nSPS) is 18.2. The maximum absolute atomic E-state index is 14.5. The fourth-order valence-corrected chi connectivity index (χ4v) is 6.66. The van der Waals surface area contributed by atoms with Gasteiger partial charge in [0.05, 0.1) is 0 Å². The minimum atomic E-state index is -1.36. The first kappa shape index (κ1) is 31.0. The van der Waals surface area contributed by atoms with Gasteiger partial charge >= 0.3 is 0 Å². The molecule has 2 atom stereocenters. The second kappa shape index (κ2) is 13.9. The zero-order valence-electron chi connectivity index (χ0n) is 25.8. The Hall–Kier alpha value is -5.04. The minimum Gasteiger partial charge on any atom is -0.352 e. The van der Waals surface area contributed by atoms with Crippen molar-refractivity contribution in [3.63, 3.8) is 0 Å². The van der Waals surface area contributed by atoms with Crippen LogP contribution in [-0.4, -0.2) is 41.1 Å². The summed E-state index contributed by atoms with van der Waals surface area (Å²) in [6.07, 6.45) is 5.89. The predicted octanol–water partition coefficient (Wildman–Crippen LogP) is 5.36. The molecule has 0 bridgehead atoms. The Bertz CT molecular complexity index is 1700. The van der Waals surface area contributed by atoms with Gasteiger partial charge in [-0.25, -0.2) is 0 Å². The van der Waals surface area contributed by atoms with Gasteiger partial charge in [0.15, 0.2) is 5.78 Å². The summed E-state index contributed by atoms with van der Waals surface area (Å²) < 4.78 is 0. The number of benzene rings is 4. The van der Waals surface area contributed by atoms with Crippen LogP contribution < -0.4 is 16.0 Å². The van der Waals surface area contributed by atoms with E-state index < -0.39 is 17.5 Å². The smallest absolute Gasteiger partial charge is 0.252 e. The van der Waals surface area contributed by atoms with Crippen molar-refractivity contribution >= 4 is 23.5 Å². The van der Waals surface area contributed by atoms with Crippen LogP contribution >= 0.6 is 0 Å². The lowest BCUT2D eigenvalue weighted by Crippen LogP contribution is -2.63. The van der Waals surface area contributed by atoms with Crippen LogP contribution in [0, 0.1) is 0 Å². The molecule has 46 heavy (non-hydrogen) atoms. The quantitative estimate of drug-likeness (QED) is 0.210. The van der Waals surface area contributed by atoms with Crippen molar-refractivity contribution in [2.24, 2.45) is 0 Å². The molecule has 0 spiro atoms. The second-order valence-corrected chi connectivity index (χ2v) is 12.5. The third kappa shape index (κ3) is 7.09. The SMILES string of the molecule is O=C(N[C@@]1(C(=O)N[C@@H](Cc2ccccc2)C(=O)NC2CCCCC2)Cc2ccc(C(=O)c3ccccc3)cc2C1)c1ccccc1. The molecule has 3 amide bonds. The van der Waals surface area contributed by atoms with Crippen LogP contribution in [0.25, 0.3) is 0 Å². The maximum atomic E-state index is 14.5. The van der Waals surface area contributed by atoms with Gasteiger partial charge in [0.2, 0.25) is 11.8 Å². The molecule has 2 aliphatic carbocycles. The van der Waals surface area contributed by atoms with Gasteiger partial charge < -0.3 is 16.0 Å². The summed E-state index contributed by atoms with van der Waals surface area (Å²) in [5.74, 6) is -1.14. The molecule has 234 valence electrons. The summed E-state index contributed by atoms with van der Waals surface area (Å²) in [6.45, 7) is 0. The molecular weight excluding hydrogens is 574 g/mol. The molecule has 1 fully saturated rings. The van der Waals surface area contributed by atoms with Gasteiger partial charge in [-0.05, 0) is 47.7 Å². The average molecular weight is 614 g/mol. The van der Waals surface area contributed by atoms with Crippen molar-refractivity contribution in [1.29, 1.82) is 0 Å². The highest BCUT2D eigenvalue weighted by atomic mass is 16.2. The van der Waals surface area contributed by atoms with Crippen LogP contribution in [0.3, 0.4) is 0 Å². The van der Waals surface area contributed by atoms with Gasteiger partial charge in [0.25, 0.3) is 5.91 Å². The van der Waals surface area contributed by atoms with Gasteiger partial charge in [-0.2, -0.15) is 0 Å². The van der Waals surface area contributed by atoms with Crippen LogP contribution in [-0.2, 0) is 28.9 Å². The van der Waals surface area contributed by atoms with E-state index in [4.69, 9.17) is 0 Å². The Labute approximate surface area is 269 Å². The summed E-state index contributed by atoms with van der Waals surface area (Å²) in [5, 5.41) is 9.31. The third-order valence-corrected chi connectivity index (χ3v) is 9.17. The van der Waals surface area contributed by atoms with Crippen LogP contribution in [0.15, 0.2) is 109 Å². The van der Waals surface area contributed by atoms with E-state index in [1.165, 1.54) is 6.42 Å². The summed E-state index contributed by atoms with van der Waals surface area (Å²) >= 11 is 0. The second-order valence-electron chi connectivity index (χ2n) is 12.5. The Morgan fingerprint density at radius 1 is 0.674 bits per heavy atom. The zero-order valence-corrected chi connectivity index (χ0v) is 25.8. The molecule has 3 N–H and O–H groups in total. The van der Waals surface area contributed by atoms with E-state index in [1.807, 2.05) is 66.7 Å². The summed E-state index contributed by atoms with van der Waals surface area (Å²) in [6, 6.07) is 32.2. The molecule has 7 heteroatoms. The molecule has 2 aliphatic rings. The molecule has 7 nitrogen and oxygen atoms in total. The van der Waals surface area contributed by atoms with Crippen LogP contribution in [0.5, 0.6) is 0 Å². The Morgan fingerprint density at radius 2 is 1.28 bits per heavy atom. The molecule has 0 heterocycles. The third-order valence-electron chi connectivity index (χ3n) is 9.17. The van der Waals surface area contributed by atoms with Gasteiger partial charge in [0.1, 0.15) is 11.6 Å². The number of amides is 3. The number of fused-ring (bicyclic) bond motifs is 1. The van der Waals surface area contributed by atoms with Crippen molar-refractivity contribution in [1.82, 2.24) is 16.0 Å². The number of nitrogens with one attached hydrogen (secondary N) is 3. The Morgan fingerprint density at radius 3 is 1.96 bits per heavy atom. The van der Waals surface area contributed by atoms with Gasteiger partial charge in [0, 0.05) is 42.0 Å². The number of ketones is 1. The van der Waals surface area contributed by atoms with Crippen LogP contribution in [0.2, 0.25) is 0 Å². The largest absolute Gasteiger partial charge is 0.352 e. The number of carbonyl (C=O) groups is 4. The fraction of sp³-hybridized carbons (Fsp3) is 0.282. The standard InChI is InChI=1S/C39H39N3O4/c43-35(28-15-7-2-8-16-28)30-21-22-31-25-39(26-32(31)24-30,42-36(44)29-17-9-3-10-18-29)38(46)41-34(23-27-13-5-1-6-14-27)37(45)40-33-19-11-4-12-20-33/h1-3,5-10,13-18,21-22,24,33-34H,4,11-12,19-20,23,25-26H2,(H,40,45)(H,41,46)(H,42,44)/t34-,39-/m0/s1. The first-order valence-electron chi connectivity index (χ1n) is 16.1. The average Bonchev–Trinajstić information content (AvgIpc) is 3.48. The molecule has 4 aromatic rings. The Kier molecular flexibility index (Phi) is 9.38. The minimum absolute atomic E-state index is 0.0828. The Balaban J connectivity index is 1.29. The lowest BCUT2D eigenvalue weighted by atomic mass is 9.92. The predicted molar refractivity (Wildman–Crippen MR) is 177 cm³/mol. The maximum Gasteiger partial charge on any atom is 0.252 e. The molecule has 0 radical (unpaired) electrons. The molecule has 6 rings (SSSR count). The van der Waals surface area contributed by atoms with Crippen LogP contribution in [0.1, 0.15) is 75.1 Å². The van der Waals surface area contributed by atoms with Crippen molar-refractivity contribution < 1.29 is 19.2 Å². The van der Waals surface area contributed by atoms with E-state index in [-0.39, 0.29) is 36.5 Å². The van der Waals surface area contributed by atoms with E-state index in [1.54, 1.807) is 42.5 Å². The number of hydrogen-bond donors (Lipinski definition) is 3. The highest BCUT2D eigenvalue weighted by Crippen LogP contribution is 2.33. The molecular formula is C39H39N3O4. The van der Waals surface area contributed by atoms with Gasteiger partial charge in [-0.1, -0.05) is 110 Å². The summed E-state index contributed by atoms with van der Waals surface area (Å²) in [4.78, 5) is 55.0. The summed E-state index contributed by atoms with van der Waals surface area (Å²) in [5.41, 5.74) is 2.79. The van der Waals surface area contributed by atoms with Crippen LogP contribution in [0.4, 0.5) is 0 Å². The van der Waals surface area contributed by atoms with Crippen molar-refractivity contribution in [2.75, 3.05) is 0 Å². The lowest BCUT2D eigenvalue weighted by molar-refractivity contribution is -0.132. The van der Waals surface area contributed by atoms with Gasteiger partial charge in [-0.15, -0.1) is 0 Å². The first-order valence-corrected chi connectivity index (χ1v) is 16.1. The van der Waals surface area contributed by atoms with E-state index in [9.17, 15) is 19.2 Å². The molecule has 0 saturated heterocycles. The fourth-order valence-electron chi connectivity index (χ4n) is 6.66. The molecule has 0 aromatic heterocycles. The molecule has 0 unspecified atom stereocenters. The van der Waals surface area contributed by atoms with E-state index in [0.29, 0.717) is 23.1 Å². The zero-order chi connectivity index (χ0) is 31.9. The molecule has 0 aliphatic heterocycles. The topological polar surface area (TPSA) is 104 Å². The highest BCUT2D eigenvalue weighted by molar-refractivity contribution is 6.09. The highest BCUT2D eigenvalue weighted by Gasteiger charge is 2.46. The van der Waals surface area contributed by atoms with Crippen molar-refractivity contribution in [3.8, 4) is 0 Å². The van der Waals surface area contributed by atoms with E-state index in [0.717, 1.165) is 42.4 Å². The number of rotatable bonds is 10. The molecule has 4 aromatic carbocycles. The number of carbonyl (C=O) groups excluding carboxylic acids is 4. The van der Waals surface area contributed by atoms with Crippen molar-refractivity contribution in [3.05, 3.63) is 143 Å². The van der Waals surface area contributed by atoms with Gasteiger partial charge in [-0.3, -0.25) is 19.2 Å². The first-order chi connectivity index (χ1) is 22.4.